The first-order valence-electron chi connectivity index (χ1n) is 27.6. The molecule has 4 heterocycles. The third kappa shape index (κ3) is 10.7. The Morgan fingerprint density at radius 3 is 2.28 bits per heavy atom. The molecule has 8 nitrogen and oxygen atoms in total. The molecule has 0 saturated heterocycles. The number of carbonyl (C=O) groups excluding carboxylic acids is 2. The predicted molar refractivity (Wildman–Crippen MR) is 288 cm³/mol. The van der Waals surface area contributed by atoms with Crippen LogP contribution in [0.2, 0.25) is 0 Å². The van der Waals surface area contributed by atoms with Crippen LogP contribution in [0.4, 0.5) is 5.69 Å². The SMILES string of the molecule is CCCCC(CC)C/C=C(\CC)CC1=CC2=C(CC1)CC(C)(C1=C=Cc3cc(C(C)(C)c4ccc5c(c4)NC(C4(C)CC6=C(CC(C)(N(CC)CC(CC)CCCC)C=C6)OC4=O)O5)ccc3O1)C(=O)O2. The van der Waals surface area contributed by atoms with Gasteiger partial charge in [-0.2, -0.15) is 0 Å². The molecule has 8 heteroatoms. The maximum atomic E-state index is 14.1. The van der Waals surface area contributed by atoms with E-state index in [1.807, 2.05) is 32.1 Å². The van der Waals surface area contributed by atoms with Crippen LogP contribution in [-0.4, -0.2) is 41.7 Å². The molecule has 4 aliphatic heterocycles. The third-order valence-electron chi connectivity index (χ3n) is 17.3. The maximum absolute atomic E-state index is 14.1. The summed E-state index contributed by atoms with van der Waals surface area (Å²) < 4.78 is 25.5. The lowest BCUT2D eigenvalue weighted by Crippen LogP contribution is -2.52. The molecule has 0 amide bonds. The number of allylic oxidation sites excluding steroid dienone is 7. The van der Waals surface area contributed by atoms with E-state index < -0.39 is 22.5 Å². The minimum Gasteiger partial charge on any atom is -0.467 e. The lowest BCUT2D eigenvalue weighted by molar-refractivity contribution is -0.158. The monoisotopic (exact) mass is 965 g/mol. The normalized spacial score (nSPS) is 25.7. The van der Waals surface area contributed by atoms with Crippen molar-refractivity contribution in [2.45, 2.75) is 196 Å². The van der Waals surface area contributed by atoms with E-state index in [-0.39, 0.29) is 17.5 Å². The summed E-state index contributed by atoms with van der Waals surface area (Å²) in [5.74, 6) is 4.31. The zero-order valence-electron chi connectivity index (χ0n) is 45.2. The Hall–Kier alpha value is -5.04. The third-order valence-corrected chi connectivity index (χ3v) is 17.3. The van der Waals surface area contributed by atoms with Crippen LogP contribution in [0.15, 0.2) is 106 Å². The molecule has 0 spiro atoms. The summed E-state index contributed by atoms with van der Waals surface area (Å²) in [6.45, 7) is 26.2. The van der Waals surface area contributed by atoms with Crippen molar-refractivity contribution < 1.29 is 28.5 Å². The number of nitrogens with one attached hydrogen (secondary N) is 1. The molecule has 2 aromatic rings. The van der Waals surface area contributed by atoms with Gasteiger partial charge in [-0.05, 0) is 149 Å². The Morgan fingerprint density at radius 1 is 0.859 bits per heavy atom. The van der Waals surface area contributed by atoms with Gasteiger partial charge in [-0.3, -0.25) is 14.5 Å². The fourth-order valence-corrected chi connectivity index (χ4v) is 11.8. The topological polar surface area (TPSA) is 86.3 Å². The number of anilines is 1. The minimum absolute atomic E-state index is 0.212. The van der Waals surface area contributed by atoms with Crippen LogP contribution in [0.25, 0.3) is 6.08 Å². The van der Waals surface area contributed by atoms with E-state index in [9.17, 15) is 9.59 Å². The fraction of sp³-hybridized carbons (Fsp3) is 0.571. The van der Waals surface area contributed by atoms with E-state index in [2.05, 4.69) is 127 Å². The van der Waals surface area contributed by atoms with Crippen LogP contribution < -0.4 is 14.8 Å². The molecule has 1 N–H and O–H groups in total. The van der Waals surface area contributed by atoms with Crippen LogP contribution in [-0.2, 0) is 24.5 Å². The molecule has 0 bridgehead atoms. The van der Waals surface area contributed by atoms with Crippen molar-refractivity contribution in [1.29, 1.82) is 0 Å². The first-order chi connectivity index (χ1) is 34.0. The molecule has 0 saturated carbocycles. The van der Waals surface area contributed by atoms with Crippen molar-refractivity contribution in [3.05, 3.63) is 123 Å². The second kappa shape index (κ2) is 21.6. The number of carbonyl (C=O) groups is 2. The van der Waals surface area contributed by atoms with Crippen LogP contribution in [0, 0.1) is 22.7 Å². The smallest absolute Gasteiger partial charge is 0.325 e. The molecule has 8 rings (SSSR count). The van der Waals surface area contributed by atoms with Gasteiger partial charge in [0.1, 0.15) is 33.8 Å². The van der Waals surface area contributed by atoms with Gasteiger partial charge in [-0.15, -0.1) is 0 Å². The van der Waals surface area contributed by atoms with Gasteiger partial charge in [0.25, 0.3) is 0 Å². The number of benzene rings is 2. The van der Waals surface area contributed by atoms with E-state index in [4.69, 9.17) is 18.9 Å². The van der Waals surface area contributed by atoms with Crippen molar-refractivity contribution in [3.63, 3.8) is 0 Å². The standard InChI is InChI=1S/C63H84N2O6/c1-12-18-20-42(14-3)22-23-43(15-4)34-45-24-25-47-38-62(10,58(66)70-54(47)35-45)56-31-26-46-36-49(27-29-52(46)68-56)60(7,8)50-28-30-53-51(37-50)64-57(69-53)63(11)39-48-32-33-61(9,40-55(48)71-59(63)67)65(17-6)41-44(16-5)21-19-13-2/h23,26-30,32-33,35-37,42,44,57,64H,12-22,24-25,34,38-41H2,1-11H3/b43-23+. The first-order valence-corrected chi connectivity index (χ1v) is 27.6. The zero-order valence-corrected chi connectivity index (χ0v) is 45.2. The van der Waals surface area contributed by atoms with Crippen LogP contribution >= 0.6 is 0 Å². The first kappa shape index (κ1) is 52.3. The van der Waals surface area contributed by atoms with E-state index in [1.54, 1.807) is 0 Å². The lowest BCUT2D eigenvalue weighted by Gasteiger charge is -2.45. The highest BCUT2D eigenvalue weighted by Crippen LogP contribution is 2.50. The fourth-order valence-electron chi connectivity index (χ4n) is 11.8. The lowest BCUT2D eigenvalue weighted by atomic mass is 9.75. The Labute approximate surface area is 426 Å². The quantitative estimate of drug-likeness (QED) is 0.0752. The van der Waals surface area contributed by atoms with Crippen LogP contribution in [0.1, 0.15) is 196 Å². The average molecular weight is 965 g/mol. The molecule has 2 aromatic carbocycles. The van der Waals surface area contributed by atoms with Gasteiger partial charge in [0.15, 0.2) is 12.0 Å². The van der Waals surface area contributed by atoms with E-state index in [0.717, 1.165) is 96.3 Å². The highest BCUT2D eigenvalue weighted by atomic mass is 16.6. The molecule has 6 aliphatic rings. The summed E-state index contributed by atoms with van der Waals surface area (Å²) in [5, 5.41) is 3.60. The molecule has 2 aliphatic carbocycles. The van der Waals surface area contributed by atoms with Crippen molar-refractivity contribution >= 4 is 23.7 Å². The molecular weight excluding hydrogens is 881 g/mol. The molecule has 0 radical (unpaired) electrons. The molecule has 6 atom stereocenters. The number of rotatable bonds is 21. The summed E-state index contributed by atoms with van der Waals surface area (Å²) in [6, 6.07) is 12.5. The molecule has 0 fully saturated rings. The average Bonchev–Trinajstić information content (AvgIpc) is 3.81. The van der Waals surface area contributed by atoms with Gasteiger partial charge in [0.05, 0.1) is 5.69 Å². The van der Waals surface area contributed by atoms with Crippen molar-refractivity contribution in [1.82, 2.24) is 4.90 Å². The van der Waals surface area contributed by atoms with Gasteiger partial charge in [0.2, 0.25) is 0 Å². The van der Waals surface area contributed by atoms with Gasteiger partial charge < -0.3 is 24.3 Å². The van der Waals surface area contributed by atoms with Crippen molar-refractivity contribution in [2.24, 2.45) is 22.7 Å². The predicted octanol–water partition coefficient (Wildman–Crippen LogP) is 15.8. The molecule has 0 aromatic heterocycles. The Balaban J connectivity index is 0.923. The van der Waals surface area contributed by atoms with Crippen molar-refractivity contribution in [2.75, 3.05) is 18.4 Å². The number of ether oxygens (including phenoxy) is 4. The molecular formula is C63H84N2O6. The highest BCUT2D eigenvalue weighted by Gasteiger charge is 2.53. The Kier molecular flexibility index (Phi) is 15.9. The van der Waals surface area contributed by atoms with Crippen LogP contribution in [0.5, 0.6) is 11.5 Å². The number of fused-ring (bicyclic) bond motifs is 2. The summed E-state index contributed by atoms with van der Waals surface area (Å²) in [6.07, 6.45) is 27.3. The van der Waals surface area contributed by atoms with E-state index >= 15 is 0 Å². The molecule has 6 unspecified atom stereocenters. The van der Waals surface area contributed by atoms with Gasteiger partial charge in [-0.25, -0.2) is 0 Å². The Morgan fingerprint density at radius 2 is 1.58 bits per heavy atom. The Bertz CT molecular complexity index is 2580. The van der Waals surface area contributed by atoms with Crippen molar-refractivity contribution in [3.8, 4) is 11.5 Å². The summed E-state index contributed by atoms with van der Waals surface area (Å²) in [4.78, 5) is 30.5. The van der Waals surface area contributed by atoms with E-state index in [0.29, 0.717) is 36.7 Å². The zero-order chi connectivity index (χ0) is 50.7. The second-order valence-electron chi connectivity index (χ2n) is 22.9. The van der Waals surface area contributed by atoms with E-state index in [1.165, 1.54) is 68.1 Å². The highest BCUT2D eigenvalue weighted by molar-refractivity contribution is 5.84. The number of likely N-dealkylation sites (N-methyl/N-ethyl adjacent to an activating group) is 1. The number of esters is 2. The van der Waals surface area contributed by atoms with Gasteiger partial charge >= 0.3 is 11.9 Å². The summed E-state index contributed by atoms with van der Waals surface area (Å²) in [7, 11) is 0. The largest absolute Gasteiger partial charge is 0.467 e. The number of hydrogen-bond donors (Lipinski definition) is 1. The maximum Gasteiger partial charge on any atom is 0.325 e. The number of hydrogen-bond acceptors (Lipinski definition) is 8. The van der Waals surface area contributed by atoms with Gasteiger partial charge in [-0.1, -0.05) is 148 Å². The molecule has 71 heavy (non-hydrogen) atoms. The molecule has 382 valence electrons. The van der Waals surface area contributed by atoms with Crippen LogP contribution in [0.3, 0.4) is 0 Å². The minimum atomic E-state index is -0.975. The number of unbranched alkanes of at least 4 members (excludes halogenated alkanes) is 2. The second-order valence-corrected chi connectivity index (χ2v) is 22.9. The number of nitrogens with zero attached hydrogens (tertiary/aromatic N) is 1. The summed E-state index contributed by atoms with van der Waals surface area (Å²) >= 11 is 0. The summed E-state index contributed by atoms with van der Waals surface area (Å²) in [5.41, 5.74) is 9.92. The van der Waals surface area contributed by atoms with Gasteiger partial charge in [0, 0.05) is 29.5 Å².